The highest BCUT2D eigenvalue weighted by molar-refractivity contribution is 6.03. The van der Waals surface area contributed by atoms with E-state index in [-0.39, 0.29) is 19.0 Å². The molecule has 1 aliphatic rings. The van der Waals surface area contributed by atoms with Crippen molar-refractivity contribution in [2.75, 3.05) is 30.4 Å². The highest BCUT2D eigenvalue weighted by Crippen LogP contribution is 2.37. The van der Waals surface area contributed by atoms with Gasteiger partial charge in [0.1, 0.15) is 18.0 Å². The van der Waals surface area contributed by atoms with Gasteiger partial charge < -0.3 is 20.1 Å². The van der Waals surface area contributed by atoms with Crippen molar-refractivity contribution in [3.63, 3.8) is 0 Å². The van der Waals surface area contributed by atoms with Crippen molar-refractivity contribution in [2.45, 2.75) is 0 Å². The summed E-state index contributed by atoms with van der Waals surface area (Å²) >= 11 is 0. The largest absolute Gasteiger partial charge is 0.494 e. The molecule has 2 N–H and O–H groups in total. The van der Waals surface area contributed by atoms with Crippen LogP contribution in [0, 0.1) is 0 Å². The van der Waals surface area contributed by atoms with Crippen molar-refractivity contribution in [2.24, 2.45) is 0 Å². The molecular formula is C11H12N2O4. The molecule has 0 aliphatic carbocycles. The number of carboxylic acid groups (broad SMARTS) is 1. The lowest BCUT2D eigenvalue weighted by Gasteiger charge is -2.30. The number of carboxylic acids is 1. The number of rotatable bonds is 3. The number of hydrogen-bond donors (Lipinski definition) is 2. The number of anilines is 2. The first kappa shape index (κ1) is 11.3. The van der Waals surface area contributed by atoms with Gasteiger partial charge in [0.25, 0.3) is 0 Å². The maximum absolute atomic E-state index is 11.5. The molecule has 17 heavy (non-hydrogen) atoms. The molecule has 0 unspecified atom stereocenters. The molecule has 6 heteroatoms. The number of para-hydroxylation sites is 1. The summed E-state index contributed by atoms with van der Waals surface area (Å²) in [6.07, 6.45) is 0. The zero-order valence-corrected chi connectivity index (χ0v) is 9.27. The predicted octanol–water partition coefficient (Wildman–Crippen LogP) is 0.538. The second-order valence-electron chi connectivity index (χ2n) is 3.65. The van der Waals surface area contributed by atoms with Crippen molar-refractivity contribution < 1.29 is 19.4 Å². The van der Waals surface area contributed by atoms with Crippen molar-refractivity contribution in [3.05, 3.63) is 18.2 Å². The molecule has 6 nitrogen and oxygen atoms in total. The molecule has 1 aromatic rings. The van der Waals surface area contributed by atoms with Gasteiger partial charge in [-0.15, -0.1) is 0 Å². The van der Waals surface area contributed by atoms with E-state index in [1.165, 1.54) is 12.0 Å². The Morgan fingerprint density at radius 3 is 3.00 bits per heavy atom. The van der Waals surface area contributed by atoms with Crippen molar-refractivity contribution in [1.29, 1.82) is 0 Å². The minimum Gasteiger partial charge on any atom is -0.494 e. The first-order valence-electron chi connectivity index (χ1n) is 5.05. The highest BCUT2D eigenvalue weighted by atomic mass is 16.5. The summed E-state index contributed by atoms with van der Waals surface area (Å²) in [5.74, 6) is -0.706. The van der Waals surface area contributed by atoms with E-state index in [1.54, 1.807) is 18.2 Å². The van der Waals surface area contributed by atoms with Crippen LogP contribution in [0.5, 0.6) is 5.75 Å². The van der Waals surface area contributed by atoms with Crippen LogP contribution in [0.15, 0.2) is 18.2 Å². The van der Waals surface area contributed by atoms with E-state index in [0.717, 1.165) is 0 Å². The molecule has 0 saturated carbocycles. The van der Waals surface area contributed by atoms with Gasteiger partial charge in [-0.05, 0) is 12.1 Å². The molecule has 0 aromatic heterocycles. The highest BCUT2D eigenvalue weighted by Gasteiger charge is 2.25. The molecule has 1 aliphatic heterocycles. The first-order chi connectivity index (χ1) is 8.11. The lowest BCUT2D eigenvalue weighted by Crippen LogP contribution is -2.41. The summed E-state index contributed by atoms with van der Waals surface area (Å²) < 4.78 is 5.13. The number of methoxy groups -OCH3 is 1. The lowest BCUT2D eigenvalue weighted by molar-refractivity contribution is -0.135. The first-order valence-corrected chi connectivity index (χ1v) is 5.05. The van der Waals surface area contributed by atoms with Crippen LogP contribution in [-0.2, 0) is 9.59 Å². The third-order valence-corrected chi connectivity index (χ3v) is 2.49. The van der Waals surface area contributed by atoms with Crippen LogP contribution >= 0.6 is 0 Å². The SMILES string of the molecule is COc1cccc2c1NC(=O)CN2CC(=O)O. The quantitative estimate of drug-likeness (QED) is 0.800. The normalized spacial score (nSPS) is 13.9. The van der Waals surface area contributed by atoms with Gasteiger partial charge in [-0.3, -0.25) is 9.59 Å². The predicted molar refractivity (Wildman–Crippen MR) is 61.5 cm³/mol. The summed E-state index contributed by atoms with van der Waals surface area (Å²) in [6.45, 7) is -0.181. The zero-order valence-electron chi connectivity index (χ0n) is 9.27. The lowest BCUT2D eigenvalue weighted by atomic mass is 10.1. The van der Waals surface area contributed by atoms with Crippen molar-refractivity contribution in [3.8, 4) is 5.75 Å². The van der Waals surface area contributed by atoms with Gasteiger partial charge in [0.05, 0.1) is 19.3 Å². The second-order valence-corrected chi connectivity index (χ2v) is 3.65. The van der Waals surface area contributed by atoms with Crippen molar-refractivity contribution >= 4 is 23.3 Å². The molecular weight excluding hydrogens is 224 g/mol. The molecule has 0 fully saturated rings. The summed E-state index contributed by atoms with van der Waals surface area (Å²) in [4.78, 5) is 23.7. The smallest absolute Gasteiger partial charge is 0.323 e. The number of fused-ring (bicyclic) bond motifs is 1. The van der Waals surface area contributed by atoms with E-state index in [2.05, 4.69) is 5.32 Å². The fourth-order valence-corrected chi connectivity index (χ4v) is 1.82. The third kappa shape index (κ3) is 2.15. The molecule has 90 valence electrons. The molecule has 1 amide bonds. The number of nitrogens with zero attached hydrogens (tertiary/aromatic N) is 1. The van der Waals surface area contributed by atoms with Gasteiger partial charge in [-0.1, -0.05) is 6.07 Å². The van der Waals surface area contributed by atoms with Gasteiger partial charge in [0.2, 0.25) is 5.91 Å². The van der Waals surface area contributed by atoms with Gasteiger partial charge in [-0.25, -0.2) is 0 Å². The molecule has 1 aromatic carbocycles. The average molecular weight is 236 g/mol. The average Bonchev–Trinajstić information content (AvgIpc) is 2.27. The molecule has 0 saturated heterocycles. The van der Waals surface area contributed by atoms with Gasteiger partial charge in [0, 0.05) is 0 Å². The summed E-state index contributed by atoms with van der Waals surface area (Å²) in [6, 6.07) is 5.22. The summed E-state index contributed by atoms with van der Waals surface area (Å²) in [5, 5.41) is 11.5. The Balaban J connectivity index is 2.43. The Bertz CT molecular complexity index is 473. The fraction of sp³-hybridized carbons (Fsp3) is 0.273. The Kier molecular flexibility index (Phi) is 2.86. The van der Waals surface area contributed by atoms with E-state index < -0.39 is 5.97 Å². The number of nitrogens with one attached hydrogen (secondary N) is 1. The Hall–Kier alpha value is -2.24. The van der Waals surface area contributed by atoms with Gasteiger partial charge in [0.15, 0.2) is 0 Å². The maximum atomic E-state index is 11.5. The van der Waals surface area contributed by atoms with E-state index in [9.17, 15) is 9.59 Å². The summed E-state index contributed by atoms with van der Waals surface area (Å²) in [7, 11) is 1.50. The minimum absolute atomic E-state index is 0.0342. The number of amides is 1. The number of hydrogen-bond acceptors (Lipinski definition) is 4. The number of benzene rings is 1. The molecule has 0 spiro atoms. The Morgan fingerprint density at radius 1 is 1.59 bits per heavy atom. The molecule has 0 radical (unpaired) electrons. The number of carbonyl (C=O) groups excluding carboxylic acids is 1. The number of carbonyl (C=O) groups is 2. The van der Waals surface area contributed by atoms with Crippen LogP contribution in [0.3, 0.4) is 0 Å². The van der Waals surface area contributed by atoms with Crippen LogP contribution in [0.1, 0.15) is 0 Å². The van der Waals surface area contributed by atoms with E-state index in [4.69, 9.17) is 9.84 Å². The van der Waals surface area contributed by atoms with E-state index in [1.807, 2.05) is 0 Å². The number of aliphatic carboxylic acids is 1. The Labute approximate surface area is 97.8 Å². The van der Waals surface area contributed by atoms with Gasteiger partial charge in [-0.2, -0.15) is 0 Å². The molecule has 1 heterocycles. The zero-order chi connectivity index (χ0) is 12.4. The fourth-order valence-electron chi connectivity index (χ4n) is 1.82. The molecule has 0 bridgehead atoms. The monoisotopic (exact) mass is 236 g/mol. The van der Waals surface area contributed by atoms with Gasteiger partial charge >= 0.3 is 5.97 Å². The van der Waals surface area contributed by atoms with Crippen LogP contribution in [0.4, 0.5) is 11.4 Å². The van der Waals surface area contributed by atoms with Crippen LogP contribution in [0.2, 0.25) is 0 Å². The van der Waals surface area contributed by atoms with Crippen LogP contribution in [0.25, 0.3) is 0 Å². The van der Waals surface area contributed by atoms with Crippen LogP contribution in [-0.4, -0.2) is 37.2 Å². The standard InChI is InChI=1S/C11H12N2O4/c1-17-8-4-2-3-7-11(8)12-9(14)5-13(7)6-10(15)16/h2-4H,5-6H2,1H3,(H,12,14)(H,15,16). The van der Waals surface area contributed by atoms with Crippen molar-refractivity contribution in [1.82, 2.24) is 0 Å². The van der Waals surface area contributed by atoms with E-state index in [0.29, 0.717) is 17.1 Å². The molecule has 0 atom stereocenters. The second kappa shape index (κ2) is 4.32. The third-order valence-electron chi connectivity index (χ3n) is 2.49. The maximum Gasteiger partial charge on any atom is 0.323 e. The Morgan fingerprint density at radius 2 is 2.35 bits per heavy atom. The minimum atomic E-state index is -0.978. The van der Waals surface area contributed by atoms with E-state index >= 15 is 0 Å². The molecule has 2 rings (SSSR count). The van der Waals surface area contributed by atoms with Crippen LogP contribution < -0.4 is 15.0 Å². The topological polar surface area (TPSA) is 78.9 Å². The number of ether oxygens (including phenoxy) is 1. The summed E-state index contributed by atoms with van der Waals surface area (Å²) in [5.41, 5.74) is 1.18.